The van der Waals surface area contributed by atoms with E-state index in [9.17, 15) is 28.8 Å². The first kappa shape index (κ1) is 35.5. The smallest absolute Gasteiger partial charge is 0.347 e. The Morgan fingerprint density at radius 3 is 1.04 bits per heavy atom. The third-order valence-corrected chi connectivity index (χ3v) is 7.56. The maximum atomic E-state index is 14.0. The van der Waals surface area contributed by atoms with Gasteiger partial charge in [-0.1, -0.05) is 60.7 Å². The maximum Gasteiger partial charge on any atom is 0.347 e. The van der Waals surface area contributed by atoms with Gasteiger partial charge >= 0.3 is 35.8 Å². The SMILES string of the molecule is CC(=O)Oc1ccccc1C(=O)Oc1cccc2cc3cccc(OC(=O)c4ccccc4OC(C)=O)c3c(OC(=O)c3ccccc3OC(C)=O)c12. The molecule has 0 aromatic heterocycles. The van der Waals surface area contributed by atoms with Crippen molar-refractivity contribution in [3.05, 3.63) is 132 Å². The van der Waals surface area contributed by atoms with Gasteiger partial charge in [-0.3, -0.25) is 14.4 Å². The van der Waals surface area contributed by atoms with Crippen molar-refractivity contribution in [3.63, 3.8) is 0 Å². The molecule has 264 valence electrons. The number of para-hydroxylation sites is 3. The van der Waals surface area contributed by atoms with Gasteiger partial charge in [-0.25, -0.2) is 14.4 Å². The highest BCUT2D eigenvalue weighted by Crippen LogP contribution is 2.45. The van der Waals surface area contributed by atoms with Gasteiger partial charge in [0, 0.05) is 20.8 Å². The van der Waals surface area contributed by atoms with E-state index < -0.39 is 35.8 Å². The van der Waals surface area contributed by atoms with Crippen LogP contribution < -0.4 is 28.4 Å². The molecule has 0 atom stereocenters. The average Bonchev–Trinajstić information content (AvgIpc) is 3.11. The molecule has 0 bridgehead atoms. The molecule has 12 heteroatoms. The largest absolute Gasteiger partial charge is 0.426 e. The standard InChI is InChI=1S/C41H28O12/c1-23(42)48-31-17-7-4-14-28(31)39(45)51-34-20-10-12-26-22-27-13-11-21-35(52-40(46)29-15-5-8-18-32(29)49-24(2)43)37(27)38(36(26)34)53-41(47)30-16-6-9-19-33(30)50-25(3)44/h4-22H,1-3H3. The van der Waals surface area contributed by atoms with Gasteiger partial charge in [0.2, 0.25) is 0 Å². The molecular formula is C41H28O12. The molecular weight excluding hydrogens is 684 g/mol. The van der Waals surface area contributed by atoms with Crippen LogP contribution in [-0.2, 0) is 14.4 Å². The van der Waals surface area contributed by atoms with E-state index in [0.29, 0.717) is 10.8 Å². The van der Waals surface area contributed by atoms with Crippen LogP contribution >= 0.6 is 0 Å². The highest BCUT2D eigenvalue weighted by molar-refractivity contribution is 6.13. The molecule has 0 N–H and O–H groups in total. The lowest BCUT2D eigenvalue weighted by atomic mass is 10.0. The van der Waals surface area contributed by atoms with E-state index in [1.54, 1.807) is 66.7 Å². The molecule has 0 fully saturated rings. The van der Waals surface area contributed by atoms with E-state index in [4.69, 9.17) is 28.4 Å². The van der Waals surface area contributed by atoms with Crippen LogP contribution in [0.1, 0.15) is 51.8 Å². The topological polar surface area (TPSA) is 158 Å². The minimum Gasteiger partial charge on any atom is -0.426 e. The van der Waals surface area contributed by atoms with E-state index in [1.165, 1.54) is 69.3 Å². The van der Waals surface area contributed by atoms with Crippen LogP contribution in [0.15, 0.2) is 115 Å². The van der Waals surface area contributed by atoms with Gasteiger partial charge < -0.3 is 28.4 Å². The Bertz CT molecular complexity index is 2330. The van der Waals surface area contributed by atoms with Crippen molar-refractivity contribution >= 4 is 57.4 Å². The molecule has 0 amide bonds. The second kappa shape index (κ2) is 15.3. The molecule has 0 saturated carbocycles. The third-order valence-electron chi connectivity index (χ3n) is 7.56. The summed E-state index contributed by atoms with van der Waals surface area (Å²) in [6, 6.07) is 29.2. The van der Waals surface area contributed by atoms with Crippen LogP contribution in [0, 0.1) is 0 Å². The van der Waals surface area contributed by atoms with Crippen molar-refractivity contribution in [3.8, 4) is 34.5 Å². The molecule has 12 nitrogen and oxygen atoms in total. The number of hydrogen-bond donors (Lipinski definition) is 0. The number of esters is 6. The zero-order valence-corrected chi connectivity index (χ0v) is 28.4. The minimum absolute atomic E-state index is 0.0346. The molecule has 6 rings (SSSR count). The quantitative estimate of drug-likeness (QED) is 0.0831. The van der Waals surface area contributed by atoms with Crippen molar-refractivity contribution in [2.75, 3.05) is 0 Å². The van der Waals surface area contributed by atoms with Gasteiger partial charge in [-0.2, -0.15) is 0 Å². The van der Waals surface area contributed by atoms with Crippen molar-refractivity contribution in [1.29, 1.82) is 0 Å². The summed E-state index contributed by atoms with van der Waals surface area (Å²) in [6.07, 6.45) is 0. The second-order valence-corrected chi connectivity index (χ2v) is 11.4. The summed E-state index contributed by atoms with van der Waals surface area (Å²) in [6.45, 7) is 3.57. The van der Waals surface area contributed by atoms with Gasteiger partial charge in [-0.05, 0) is 65.4 Å². The summed E-state index contributed by atoms with van der Waals surface area (Å²) in [5.41, 5.74) is -0.228. The van der Waals surface area contributed by atoms with Crippen LogP contribution in [0.5, 0.6) is 34.5 Å². The fourth-order valence-electron chi connectivity index (χ4n) is 5.48. The summed E-state index contributed by atoms with van der Waals surface area (Å²) in [4.78, 5) is 76.6. The number of hydrogen-bond acceptors (Lipinski definition) is 12. The van der Waals surface area contributed by atoms with E-state index in [2.05, 4.69) is 0 Å². The molecule has 6 aromatic carbocycles. The van der Waals surface area contributed by atoms with Gasteiger partial charge in [0.25, 0.3) is 0 Å². The van der Waals surface area contributed by atoms with Crippen LogP contribution in [0.3, 0.4) is 0 Å². The first-order valence-electron chi connectivity index (χ1n) is 16.0. The third kappa shape index (κ3) is 7.86. The van der Waals surface area contributed by atoms with Gasteiger partial charge in [0.1, 0.15) is 45.4 Å². The van der Waals surface area contributed by atoms with Gasteiger partial charge in [-0.15, -0.1) is 0 Å². The molecule has 0 saturated heterocycles. The first-order chi connectivity index (χ1) is 25.5. The fourth-order valence-corrected chi connectivity index (χ4v) is 5.48. The van der Waals surface area contributed by atoms with E-state index in [1.807, 2.05) is 0 Å². The Morgan fingerprint density at radius 1 is 0.358 bits per heavy atom. The number of carbonyl (C=O) groups is 6. The zero-order chi connectivity index (χ0) is 37.6. The summed E-state index contributed by atoms with van der Waals surface area (Å²) >= 11 is 0. The number of benzene rings is 6. The number of rotatable bonds is 9. The normalized spacial score (nSPS) is 10.6. The Balaban J connectivity index is 1.54. The van der Waals surface area contributed by atoms with Crippen molar-refractivity contribution in [2.45, 2.75) is 20.8 Å². The zero-order valence-electron chi connectivity index (χ0n) is 28.4. The molecule has 0 aliphatic rings. The van der Waals surface area contributed by atoms with Crippen molar-refractivity contribution in [2.24, 2.45) is 0 Å². The molecule has 0 aliphatic carbocycles. The highest BCUT2D eigenvalue weighted by Gasteiger charge is 2.26. The van der Waals surface area contributed by atoms with Crippen molar-refractivity contribution < 1.29 is 57.2 Å². The molecule has 0 radical (unpaired) electrons. The van der Waals surface area contributed by atoms with E-state index >= 15 is 0 Å². The molecule has 53 heavy (non-hydrogen) atoms. The Morgan fingerprint density at radius 2 is 0.679 bits per heavy atom. The highest BCUT2D eigenvalue weighted by atomic mass is 16.6. The average molecular weight is 713 g/mol. The number of ether oxygens (including phenoxy) is 6. The predicted octanol–water partition coefficient (Wildman–Crippen LogP) is 7.43. The molecule has 0 heterocycles. The molecule has 0 aliphatic heterocycles. The van der Waals surface area contributed by atoms with Gasteiger partial charge in [0.15, 0.2) is 5.75 Å². The van der Waals surface area contributed by atoms with Crippen LogP contribution in [0.4, 0.5) is 0 Å². The van der Waals surface area contributed by atoms with Gasteiger partial charge in [0.05, 0.1) is 10.8 Å². The van der Waals surface area contributed by atoms with Crippen molar-refractivity contribution in [1.82, 2.24) is 0 Å². The number of carbonyl (C=O) groups excluding carboxylic acids is 6. The summed E-state index contributed by atoms with van der Waals surface area (Å²) < 4.78 is 33.6. The van der Waals surface area contributed by atoms with Crippen LogP contribution in [-0.4, -0.2) is 35.8 Å². The summed E-state index contributed by atoms with van der Waals surface area (Å²) in [7, 11) is 0. The van der Waals surface area contributed by atoms with E-state index in [0.717, 1.165) is 0 Å². The lowest BCUT2D eigenvalue weighted by molar-refractivity contribution is -0.132. The van der Waals surface area contributed by atoms with Crippen LogP contribution in [0.2, 0.25) is 0 Å². The Labute approximate surface area is 301 Å². The summed E-state index contributed by atoms with van der Waals surface area (Å²) in [5, 5.41) is 1.16. The monoisotopic (exact) mass is 712 g/mol. The number of fused-ring (bicyclic) bond motifs is 2. The molecule has 0 spiro atoms. The lowest BCUT2D eigenvalue weighted by Gasteiger charge is -2.18. The fraction of sp³-hybridized carbons (Fsp3) is 0.0732. The van der Waals surface area contributed by atoms with E-state index in [-0.39, 0.29) is 62.0 Å². The van der Waals surface area contributed by atoms with Crippen LogP contribution in [0.25, 0.3) is 21.5 Å². The second-order valence-electron chi connectivity index (χ2n) is 11.4. The molecule has 6 aromatic rings. The summed E-state index contributed by atoms with van der Waals surface area (Å²) in [5.74, 6) is -5.17. The maximum absolute atomic E-state index is 14.0. The predicted molar refractivity (Wildman–Crippen MR) is 190 cm³/mol. The lowest BCUT2D eigenvalue weighted by Crippen LogP contribution is -2.15. The Hall–Kier alpha value is -7.34. The molecule has 0 unspecified atom stereocenters. The minimum atomic E-state index is -0.960. The first-order valence-corrected chi connectivity index (χ1v) is 16.0. The Kier molecular flexibility index (Phi) is 10.2.